The summed E-state index contributed by atoms with van der Waals surface area (Å²) in [5.74, 6) is -0.148. The molecule has 0 amide bonds. The predicted octanol–water partition coefficient (Wildman–Crippen LogP) is 5.85. The molecule has 0 spiro atoms. The Morgan fingerprint density at radius 2 is 0.950 bits per heavy atom. The summed E-state index contributed by atoms with van der Waals surface area (Å²) in [6, 6.07) is 0. The molecule has 4 radical (unpaired) electrons. The van der Waals surface area contributed by atoms with Crippen molar-refractivity contribution in [2.24, 2.45) is 5.92 Å². The summed E-state index contributed by atoms with van der Waals surface area (Å²) in [6.07, 6.45) is 7.92. The van der Waals surface area contributed by atoms with Gasteiger partial charge in [0, 0.05) is 23.9 Å². The van der Waals surface area contributed by atoms with Crippen molar-refractivity contribution in [3.63, 3.8) is 0 Å². The normalized spacial score (nSPS) is 7.70. The molecule has 3 heteroatoms. The van der Waals surface area contributed by atoms with E-state index in [9.17, 15) is 4.79 Å². The molecule has 0 unspecified atom stereocenters. The fourth-order valence-corrected chi connectivity index (χ4v) is 0.236. The van der Waals surface area contributed by atoms with Crippen molar-refractivity contribution in [1.29, 1.82) is 0 Å². The van der Waals surface area contributed by atoms with Gasteiger partial charge in [0.1, 0.15) is 0 Å². The minimum absolute atomic E-state index is 0. The average molecular weight is 395 g/mol. The first-order valence-corrected chi connectivity index (χ1v) is 8.00. The van der Waals surface area contributed by atoms with Crippen LogP contribution in [0.1, 0.15) is 93.9 Å². The molecule has 124 valence electrons. The smallest absolute Gasteiger partial charge is 0.308 e. The van der Waals surface area contributed by atoms with Crippen LogP contribution in [0.25, 0.3) is 0 Å². The summed E-state index contributed by atoms with van der Waals surface area (Å²) in [6.45, 7) is 16.7. The zero-order valence-corrected chi connectivity index (χ0v) is 18.5. The predicted molar refractivity (Wildman–Crippen MR) is 94.4 cm³/mol. The van der Waals surface area contributed by atoms with Gasteiger partial charge >= 0.3 is 5.97 Å². The molecule has 0 rings (SSSR count). The van der Waals surface area contributed by atoms with E-state index in [0.717, 1.165) is 0 Å². The summed E-state index contributed by atoms with van der Waals surface area (Å²) in [7, 11) is 1.39. The molecule has 0 saturated carbocycles. The molecule has 0 N–H and O–H groups in total. The molecule has 0 fully saturated rings. The molecule has 0 aliphatic carbocycles. The van der Waals surface area contributed by atoms with Gasteiger partial charge in [-0.15, -0.1) is 0 Å². The Morgan fingerprint density at radius 3 is 0.950 bits per heavy atom. The van der Waals surface area contributed by atoms with Crippen molar-refractivity contribution < 1.29 is 9.53 Å². The Bertz CT molecular complexity index is 121. The summed E-state index contributed by atoms with van der Waals surface area (Å²) in [4.78, 5) is 10.3. The van der Waals surface area contributed by atoms with E-state index < -0.39 is 0 Å². The van der Waals surface area contributed by atoms with E-state index in [-0.39, 0.29) is 35.8 Å². The molecule has 0 saturated heterocycles. The number of hydrogen-bond donors (Lipinski definition) is 0. The first-order valence-electron chi connectivity index (χ1n) is 8.00. The molecule has 0 aromatic heterocycles. The number of esters is 1. The summed E-state index contributed by atoms with van der Waals surface area (Å²) in [5.41, 5.74) is 0. The second-order valence-electron chi connectivity index (χ2n) is 4.68. The Labute approximate surface area is 146 Å². The SMILES string of the molecule is CCCC.CCCC.CCCC.COC(=O)C(C)C.[Sn]. The summed E-state index contributed by atoms with van der Waals surface area (Å²) in [5, 5.41) is 0. The van der Waals surface area contributed by atoms with Gasteiger partial charge in [0.2, 0.25) is 0 Å². The van der Waals surface area contributed by atoms with Crippen LogP contribution in [-0.4, -0.2) is 37.0 Å². The van der Waals surface area contributed by atoms with Gasteiger partial charge in [0.25, 0.3) is 0 Å². The number of rotatable bonds is 4. The minimum Gasteiger partial charge on any atom is -0.469 e. The number of carbonyl (C=O) groups is 1. The third-order valence-electron chi connectivity index (χ3n) is 2.17. The molecule has 0 aromatic rings. The maximum atomic E-state index is 10.3. The Kier molecular flexibility index (Phi) is 59.0. The first-order chi connectivity index (χ1) is 8.92. The van der Waals surface area contributed by atoms with E-state index in [1.807, 2.05) is 0 Å². The standard InChI is InChI=1S/C5H10O2.3C4H10.Sn/c1-4(2)5(6)7-3;3*1-3-4-2;/h4H,1-3H3;3*3-4H2,1-2H3;. The van der Waals surface area contributed by atoms with Crippen LogP contribution in [0.5, 0.6) is 0 Å². The number of unbranched alkanes of at least 4 members (excludes halogenated alkanes) is 3. The molecular weight excluding hydrogens is 355 g/mol. The zero-order chi connectivity index (χ0) is 16.1. The van der Waals surface area contributed by atoms with E-state index >= 15 is 0 Å². The van der Waals surface area contributed by atoms with Crippen molar-refractivity contribution >= 4 is 29.9 Å². The van der Waals surface area contributed by atoms with Gasteiger partial charge < -0.3 is 4.74 Å². The van der Waals surface area contributed by atoms with Crippen molar-refractivity contribution in [1.82, 2.24) is 0 Å². The van der Waals surface area contributed by atoms with Crippen LogP contribution in [0, 0.1) is 5.92 Å². The molecule has 0 aliphatic heterocycles. The van der Waals surface area contributed by atoms with Crippen LogP contribution in [-0.2, 0) is 9.53 Å². The molecule has 0 aromatic carbocycles. The van der Waals surface area contributed by atoms with Gasteiger partial charge in [0.05, 0.1) is 13.0 Å². The molecule has 0 heterocycles. The molecular formula is C17H40O2Sn. The quantitative estimate of drug-likeness (QED) is 0.441. The molecule has 20 heavy (non-hydrogen) atoms. The Balaban J connectivity index is -0.0000000512. The van der Waals surface area contributed by atoms with Gasteiger partial charge in [-0.1, -0.05) is 93.9 Å². The van der Waals surface area contributed by atoms with E-state index in [2.05, 4.69) is 46.3 Å². The average Bonchev–Trinajstić information content (AvgIpc) is 2.46. The third-order valence-corrected chi connectivity index (χ3v) is 2.17. The van der Waals surface area contributed by atoms with Gasteiger partial charge in [-0.2, -0.15) is 0 Å². The van der Waals surface area contributed by atoms with Gasteiger partial charge in [-0.25, -0.2) is 0 Å². The van der Waals surface area contributed by atoms with E-state index in [4.69, 9.17) is 0 Å². The van der Waals surface area contributed by atoms with E-state index in [1.165, 1.54) is 45.6 Å². The van der Waals surface area contributed by atoms with Crippen LogP contribution < -0.4 is 0 Å². The van der Waals surface area contributed by atoms with Crippen molar-refractivity contribution in [3.05, 3.63) is 0 Å². The third kappa shape index (κ3) is 63.4. The fourth-order valence-electron chi connectivity index (χ4n) is 0.236. The minimum atomic E-state index is -0.153. The summed E-state index contributed by atoms with van der Waals surface area (Å²) >= 11 is 0. The van der Waals surface area contributed by atoms with Gasteiger partial charge in [0.15, 0.2) is 0 Å². The van der Waals surface area contributed by atoms with Crippen molar-refractivity contribution in [2.75, 3.05) is 7.11 Å². The fraction of sp³-hybridized carbons (Fsp3) is 0.941. The van der Waals surface area contributed by atoms with Gasteiger partial charge in [-0.05, 0) is 0 Å². The monoisotopic (exact) mass is 396 g/mol. The van der Waals surface area contributed by atoms with Crippen molar-refractivity contribution in [2.45, 2.75) is 93.9 Å². The van der Waals surface area contributed by atoms with Gasteiger partial charge in [-0.3, -0.25) is 4.79 Å². The maximum Gasteiger partial charge on any atom is 0.308 e. The topological polar surface area (TPSA) is 26.3 Å². The van der Waals surface area contributed by atoms with E-state index in [1.54, 1.807) is 13.8 Å². The number of ether oxygens (including phenoxy) is 1. The first kappa shape index (κ1) is 32.3. The second kappa shape index (κ2) is 36.5. The number of methoxy groups -OCH3 is 1. The number of carbonyl (C=O) groups excluding carboxylic acids is 1. The second-order valence-corrected chi connectivity index (χ2v) is 4.68. The zero-order valence-electron chi connectivity index (χ0n) is 15.6. The van der Waals surface area contributed by atoms with E-state index in [0.29, 0.717) is 0 Å². The summed E-state index contributed by atoms with van der Waals surface area (Å²) < 4.78 is 4.37. The Hall–Kier alpha value is 0.269. The molecule has 0 atom stereocenters. The maximum absolute atomic E-state index is 10.3. The van der Waals surface area contributed by atoms with Crippen LogP contribution in [0.4, 0.5) is 0 Å². The van der Waals surface area contributed by atoms with Crippen LogP contribution >= 0.6 is 0 Å². The molecule has 0 aliphatic rings. The Morgan fingerprint density at radius 1 is 0.750 bits per heavy atom. The van der Waals surface area contributed by atoms with Crippen LogP contribution in [0.2, 0.25) is 0 Å². The molecule has 0 bridgehead atoms. The van der Waals surface area contributed by atoms with Crippen LogP contribution in [0.3, 0.4) is 0 Å². The van der Waals surface area contributed by atoms with Crippen molar-refractivity contribution in [3.8, 4) is 0 Å². The van der Waals surface area contributed by atoms with Crippen LogP contribution in [0.15, 0.2) is 0 Å². The molecule has 2 nitrogen and oxygen atoms in total. The number of hydrogen-bond acceptors (Lipinski definition) is 2. The largest absolute Gasteiger partial charge is 0.469 e.